The third-order valence-corrected chi connectivity index (χ3v) is 6.73. The van der Waals surface area contributed by atoms with Crippen molar-refractivity contribution in [1.29, 1.82) is 0 Å². The number of fused-ring (bicyclic) bond motifs is 1. The van der Waals surface area contributed by atoms with Gasteiger partial charge in [0.15, 0.2) is 8.32 Å². The van der Waals surface area contributed by atoms with Crippen molar-refractivity contribution in [1.82, 2.24) is 0 Å². The van der Waals surface area contributed by atoms with Crippen LogP contribution in [-0.4, -0.2) is 25.1 Å². The van der Waals surface area contributed by atoms with E-state index in [-0.39, 0.29) is 11.7 Å². The Labute approximate surface area is 139 Å². The van der Waals surface area contributed by atoms with Crippen LogP contribution in [0.5, 0.6) is 0 Å². The highest BCUT2D eigenvalue weighted by atomic mass is 28.4. The van der Waals surface area contributed by atoms with Crippen LogP contribution >= 0.6 is 0 Å². The standard InChI is InChI=1S/C19H38O2Si/c1-16-15-19(21-22(2,3)4)14-12-10-8-6-5-7-9-11-13-17(19)18(16)20/h16-18,20H,5-15H2,1-4H3. The number of aliphatic hydroxyl groups is 1. The van der Waals surface area contributed by atoms with E-state index in [2.05, 4.69) is 26.6 Å². The normalized spacial score (nSPS) is 38.9. The van der Waals surface area contributed by atoms with Gasteiger partial charge in [-0.1, -0.05) is 58.3 Å². The summed E-state index contributed by atoms with van der Waals surface area (Å²) in [4.78, 5) is 0. The van der Waals surface area contributed by atoms with Crippen molar-refractivity contribution in [3.8, 4) is 0 Å². The lowest BCUT2D eigenvalue weighted by molar-refractivity contribution is -0.0248. The van der Waals surface area contributed by atoms with Crippen LogP contribution in [0.4, 0.5) is 0 Å². The lowest BCUT2D eigenvalue weighted by atomic mass is 9.81. The average molecular weight is 327 g/mol. The van der Waals surface area contributed by atoms with Crippen molar-refractivity contribution in [2.45, 2.75) is 109 Å². The summed E-state index contributed by atoms with van der Waals surface area (Å²) >= 11 is 0. The first kappa shape index (κ1) is 18.5. The summed E-state index contributed by atoms with van der Waals surface area (Å²) in [6, 6.07) is 0. The summed E-state index contributed by atoms with van der Waals surface area (Å²) in [5.74, 6) is 0.764. The quantitative estimate of drug-likeness (QED) is 0.678. The predicted molar refractivity (Wildman–Crippen MR) is 96.6 cm³/mol. The molecule has 0 spiro atoms. The molecule has 2 fully saturated rings. The van der Waals surface area contributed by atoms with E-state index in [9.17, 15) is 5.11 Å². The maximum atomic E-state index is 10.8. The van der Waals surface area contributed by atoms with E-state index in [1.165, 1.54) is 57.8 Å². The molecule has 0 aromatic heterocycles. The maximum Gasteiger partial charge on any atom is 0.184 e. The van der Waals surface area contributed by atoms with Crippen LogP contribution in [0, 0.1) is 11.8 Å². The molecule has 0 amide bonds. The minimum absolute atomic E-state index is 0.0253. The third-order valence-electron chi connectivity index (χ3n) is 5.71. The SMILES string of the molecule is CC1CC2(O[Si](C)(C)C)CCCCCCCCCCC2C1O. The van der Waals surface area contributed by atoms with E-state index in [1.807, 2.05) is 0 Å². The lowest BCUT2D eigenvalue weighted by Crippen LogP contribution is -2.47. The second kappa shape index (κ2) is 7.81. The molecular weight excluding hydrogens is 288 g/mol. The van der Waals surface area contributed by atoms with Crippen molar-refractivity contribution in [3.05, 3.63) is 0 Å². The Kier molecular flexibility index (Phi) is 6.55. The van der Waals surface area contributed by atoms with E-state index in [1.54, 1.807) is 0 Å². The average Bonchev–Trinajstić information content (AvgIpc) is 2.61. The van der Waals surface area contributed by atoms with Gasteiger partial charge in [0.1, 0.15) is 0 Å². The molecule has 0 aliphatic heterocycles. The van der Waals surface area contributed by atoms with Gasteiger partial charge in [-0.3, -0.25) is 0 Å². The molecule has 0 radical (unpaired) electrons. The summed E-state index contributed by atoms with van der Waals surface area (Å²) in [7, 11) is -1.60. The van der Waals surface area contributed by atoms with E-state index < -0.39 is 8.32 Å². The molecule has 2 nitrogen and oxygen atoms in total. The van der Waals surface area contributed by atoms with Crippen LogP contribution in [-0.2, 0) is 4.43 Å². The molecular formula is C19H38O2Si. The van der Waals surface area contributed by atoms with Crippen LogP contribution in [0.3, 0.4) is 0 Å². The Morgan fingerprint density at radius 2 is 1.45 bits per heavy atom. The van der Waals surface area contributed by atoms with Crippen LogP contribution in [0.15, 0.2) is 0 Å². The minimum Gasteiger partial charge on any atom is -0.412 e. The topological polar surface area (TPSA) is 29.5 Å². The second-order valence-electron chi connectivity index (χ2n) is 8.92. The lowest BCUT2D eigenvalue weighted by Gasteiger charge is -2.42. The zero-order valence-electron chi connectivity index (χ0n) is 15.4. The molecule has 2 saturated carbocycles. The van der Waals surface area contributed by atoms with Gasteiger partial charge in [0.25, 0.3) is 0 Å². The van der Waals surface area contributed by atoms with Crippen molar-refractivity contribution in [2.24, 2.45) is 11.8 Å². The molecule has 4 atom stereocenters. The van der Waals surface area contributed by atoms with Crippen LogP contribution in [0.25, 0.3) is 0 Å². The van der Waals surface area contributed by atoms with E-state index in [0.717, 1.165) is 12.8 Å². The fourth-order valence-electron chi connectivity index (χ4n) is 4.87. The van der Waals surface area contributed by atoms with Gasteiger partial charge in [0.05, 0.1) is 11.7 Å². The molecule has 3 heteroatoms. The highest BCUT2D eigenvalue weighted by Crippen LogP contribution is 2.49. The van der Waals surface area contributed by atoms with Crippen molar-refractivity contribution < 1.29 is 9.53 Å². The summed E-state index contributed by atoms with van der Waals surface area (Å²) in [6.45, 7) is 9.16. The monoisotopic (exact) mass is 326 g/mol. The number of rotatable bonds is 2. The molecule has 4 unspecified atom stereocenters. The Hall–Kier alpha value is 0.137. The van der Waals surface area contributed by atoms with Crippen molar-refractivity contribution in [3.63, 3.8) is 0 Å². The van der Waals surface area contributed by atoms with Gasteiger partial charge in [-0.15, -0.1) is 0 Å². The predicted octanol–water partition coefficient (Wildman–Crippen LogP) is 5.51. The molecule has 22 heavy (non-hydrogen) atoms. The fourth-order valence-corrected chi connectivity index (χ4v) is 6.43. The molecule has 1 N–H and O–H groups in total. The number of aliphatic hydroxyl groups excluding tert-OH is 1. The highest BCUT2D eigenvalue weighted by Gasteiger charge is 2.52. The van der Waals surface area contributed by atoms with E-state index in [4.69, 9.17) is 4.43 Å². The highest BCUT2D eigenvalue weighted by molar-refractivity contribution is 6.69. The Balaban J connectivity index is 2.17. The van der Waals surface area contributed by atoms with Crippen LogP contribution in [0.2, 0.25) is 19.6 Å². The summed E-state index contributed by atoms with van der Waals surface area (Å²) < 4.78 is 6.81. The Bertz CT molecular complexity index is 339. The third kappa shape index (κ3) is 4.81. The van der Waals surface area contributed by atoms with Crippen LogP contribution in [0.1, 0.15) is 77.6 Å². The molecule has 2 rings (SSSR count). The fraction of sp³-hybridized carbons (Fsp3) is 1.00. The van der Waals surface area contributed by atoms with Gasteiger partial charge < -0.3 is 9.53 Å². The zero-order valence-corrected chi connectivity index (χ0v) is 16.4. The van der Waals surface area contributed by atoms with Gasteiger partial charge in [0.2, 0.25) is 0 Å². The van der Waals surface area contributed by atoms with Crippen molar-refractivity contribution in [2.75, 3.05) is 0 Å². The van der Waals surface area contributed by atoms with Crippen LogP contribution < -0.4 is 0 Å². The largest absolute Gasteiger partial charge is 0.412 e. The first-order chi connectivity index (χ1) is 10.3. The molecule has 0 saturated heterocycles. The number of hydrogen-bond donors (Lipinski definition) is 1. The first-order valence-electron chi connectivity index (χ1n) is 9.72. The maximum absolute atomic E-state index is 10.8. The molecule has 2 aliphatic carbocycles. The molecule has 2 aliphatic rings. The smallest absolute Gasteiger partial charge is 0.184 e. The van der Waals surface area contributed by atoms with Gasteiger partial charge in [-0.25, -0.2) is 0 Å². The Morgan fingerprint density at radius 3 is 2.05 bits per heavy atom. The first-order valence-corrected chi connectivity index (χ1v) is 13.1. The van der Waals surface area contributed by atoms with Crippen molar-refractivity contribution >= 4 is 8.32 Å². The molecule has 130 valence electrons. The summed E-state index contributed by atoms with van der Waals surface area (Å²) in [5.41, 5.74) is -0.0253. The zero-order chi connectivity index (χ0) is 16.2. The molecule has 0 bridgehead atoms. The van der Waals surface area contributed by atoms with Gasteiger partial charge in [0, 0.05) is 5.92 Å². The molecule has 0 aromatic rings. The number of hydrogen-bond acceptors (Lipinski definition) is 2. The van der Waals surface area contributed by atoms with Gasteiger partial charge >= 0.3 is 0 Å². The second-order valence-corrected chi connectivity index (χ2v) is 13.4. The molecule has 0 heterocycles. The Morgan fingerprint density at radius 1 is 0.909 bits per heavy atom. The van der Waals surface area contributed by atoms with E-state index >= 15 is 0 Å². The summed E-state index contributed by atoms with van der Waals surface area (Å²) in [5, 5.41) is 10.8. The minimum atomic E-state index is -1.60. The van der Waals surface area contributed by atoms with Gasteiger partial charge in [-0.2, -0.15) is 0 Å². The van der Waals surface area contributed by atoms with Gasteiger partial charge in [-0.05, 0) is 44.8 Å². The summed E-state index contributed by atoms with van der Waals surface area (Å²) in [6.07, 6.45) is 14.0. The molecule has 0 aromatic carbocycles. The van der Waals surface area contributed by atoms with E-state index in [0.29, 0.717) is 11.8 Å².